The predicted octanol–water partition coefficient (Wildman–Crippen LogP) is 1.71. The number of amides is 1. The molecule has 1 atom stereocenters. The predicted molar refractivity (Wildman–Crippen MR) is 86.1 cm³/mol. The van der Waals surface area contributed by atoms with Crippen LogP contribution in [-0.2, 0) is 11.2 Å². The lowest BCUT2D eigenvalue weighted by molar-refractivity contribution is -0.124. The van der Waals surface area contributed by atoms with E-state index in [4.69, 9.17) is 18.0 Å². The number of hydrogen-bond donors (Lipinski definition) is 2. The van der Waals surface area contributed by atoms with E-state index >= 15 is 0 Å². The molecule has 1 aliphatic heterocycles. The fourth-order valence-corrected chi connectivity index (χ4v) is 3.02. The Morgan fingerprint density at radius 2 is 2.24 bits per heavy atom. The van der Waals surface area contributed by atoms with E-state index in [0.29, 0.717) is 11.4 Å². The number of aromatic nitrogens is 2. The van der Waals surface area contributed by atoms with Gasteiger partial charge >= 0.3 is 0 Å². The number of fused-ring (bicyclic) bond motifs is 1. The molecule has 1 fully saturated rings. The van der Waals surface area contributed by atoms with Crippen molar-refractivity contribution in [1.82, 2.24) is 14.9 Å². The smallest absolute Gasteiger partial charge is 0.243 e. The van der Waals surface area contributed by atoms with Gasteiger partial charge < -0.3 is 15.6 Å². The van der Waals surface area contributed by atoms with Gasteiger partial charge in [-0.05, 0) is 31.4 Å². The molecule has 2 heterocycles. The van der Waals surface area contributed by atoms with Crippen LogP contribution in [0.1, 0.15) is 31.1 Å². The third kappa shape index (κ3) is 2.76. The Morgan fingerprint density at radius 1 is 1.43 bits per heavy atom. The van der Waals surface area contributed by atoms with E-state index in [9.17, 15) is 4.79 Å². The van der Waals surface area contributed by atoms with E-state index in [1.165, 1.54) is 0 Å². The summed E-state index contributed by atoms with van der Waals surface area (Å²) >= 11 is 5.02. The largest absolute Gasteiger partial charge is 0.393 e. The Kier molecular flexibility index (Phi) is 3.88. The zero-order valence-electron chi connectivity index (χ0n) is 11.7. The van der Waals surface area contributed by atoms with Crippen LogP contribution in [0.25, 0.3) is 11.0 Å². The average molecular weight is 302 g/mol. The zero-order valence-corrected chi connectivity index (χ0v) is 12.5. The minimum absolute atomic E-state index is 0.0554. The Balaban J connectivity index is 2.13. The number of para-hydroxylation sites is 2. The molecule has 1 saturated heterocycles. The van der Waals surface area contributed by atoms with E-state index in [-0.39, 0.29) is 11.9 Å². The van der Waals surface area contributed by atoms with Crippen LogP contribution in [0.4, 0.5) is 0 Å². The number of benzene rings is 1. The standard InChI is InChI=1S/C15H18N4OS/c16-13(21)9-14-18-10-5-1-2-6-11(10)19(14)12-7-3-4-8-17-15(12)20/h1-2,5-6,12H,3-4,7-9H2,(H2,16,21)(H,17,20). The van der Waals surface area contributed by atoms with E-state index < -0.39 is 0 Å². The second-order valence-corrected chi connectivity index (χ2v) is 5.86. The monoisotopic (exact) mass is 302 g/mol. The number of nitrogens with one attached hydrogen (secondary N) is 1. The number of carbonyl (C=O) groups excluding carboxylic acids is 1. The average Bonchev–Trinajstić information content (AvgIpc) is 2.65. The summed E-state index contributed by atoms with van der Waals surface area (Å²) < 4.78 is 2.01. The van der Waals surface area contributed by atoms with Crippen LogP contribution in [0, 0.1) is 0 Å². The molecule has 1 aromatic heterocycles. The molecule has 0 spiro atoms. The van der Waals surface area contributed by atoms with Crippen LogP contribution in [0.15, 0.2) is 24.3 Å². The van der Waals surface area contributed by atoms with Crippen LogP contribution in [0.3, 0.4) is 0 Å². The van der Waals surface area contributed by atoms with E-state index in [0.717, 1.165) is 42.7 Å². The van der Waals surface area contributed by atoms with Gasteiger partial charge in [-0.25, -0.2) is 4.98 Å². The minimum Gasteiger partial charge on any atom is -0.393 e. The summed E-state index contributed by atoms with van der Waals surface area (Å²) in [6, 6.07) is 7.61. The molecule has 5 nitrogen and oxygen atoms in total. The van der Waals surface area contributed by atoms with Gasteiger partial charge in [-0.15, -0.1) is 0 Å². The summed E-state index contributed by atoms with van der Waals surface area (Å²) in [5, 5.41) is 2.98. The third-order valence-corrected chi connectivity index (χ3v) is 3.96. The molecule has 1 aliphatic rings. The first-order chi connectivity index (χ1) is 10.2. The van der Waals surface area contributed by atoms with Crippen LogP contribution >= 0.6 is 12.2 Å². The summed E-state index contributed by atoms with van der Waals surface area (Å²) in [5.41, 5.74) is 7.53. The second kappa shape index (κ2) is 5.81. The minimum atomic E-state index is -0.232. The molecule has 0 aliphatic carbocycles. The van der Waals surface area contributed by atoms with Crippen LogP contribution in [0.5, 0.6) is 0 Å². The molecule has 21 heavy (non-hydrogen) atoms. The molecule has 1 aromatic carbocycles. The van der Waals surface area contributed by atoms with Crippen molar-refractivity contribution in [3.05, 3.63) is 30.1 Å². The Hall–Kier alpha value is -1.95. The summed E-state index contributed by atoms with van der Waals surface area (Å²) in [6.45, 7) is 0.743. The van der Waals surface area contributed by atoms with Gasteiger partial charge in [0.1, 0.15) is 11.9 Å². The molecule has 0 bridgehead atoms. The van der Waals surface area contributed by atoms with Gasteiger partial charge in [0, 0.05) is 6.54 Å². The fourth-order valence-electron chi connectivity index (χ4n) is 2.89. The highest BCUT2D eigenvalue weighted by Gasteiger charge is 2.26. The van der Waals surface area contributed by atoms with Crippen LogP contribution in [-0.4, -0.2) is 27.0 Å². The molecule has 0 radical (unpaired) electrons. The topological polar surface area (TPSA) is 72.9 Å². The molecule has 1 unspecified atom stereocenters. The lowest BCUT2D eigenvalue weighted by atomic mass is 10.1. The highest BCUT2D eigenvalue weighted by molar-refractivity contribution is 7.80. The first-order valence-electron chi connectivity index (χ1n) is 7.18. The molecule has 2 aromatic rings. The summed E-state index contributed by atoms with van der Waals surface area (Å²) in [7, 11) is 0. The van der Waals surface area contributed by atoms with Gasteiger partial charge in [-0.2, -0.15) is 0 Å². The third-order valence-electron chi connectivity index (χ3n) is 3.82. The fraction of sp³-hybridized carbons (Fsp3) is 0.400. The first-order valence-corrected chi connectivity index (χ1v) is 7.59. The van der Waals surface area contributed by atoms with Crippen molar-refractivity contribution in [3.63, 3.8) is 0 Å². The van der Waals surface area contributed by atoms with Crippen molar-refractivity contribution < 1.29 is 4.79 Å². The van der Waals surface area contributed by atoms with Gasteiger partial charge in [0.15, 0.2) is 0 Å². The number of imidazole rings is 1. The molecule has 1 amide bonds. The van der Waals surface area contributed by atoms with Gasteiger partial charge in [-0.1, -0.05) is 24.4 Å². The SMILES string of the molecule is NC(=S)Cc1nc2ccccc2n1C1CCCCNC1=O. The maximum Gasteiger partial charge on any atom is 0.243 e. The number of hydrogen-bond acceptors (Lipinski definition) is 3. The number of nitrogens with zero attached hydrogens (tertiary/aromatic N) is 2. The molecule has 3 N–H and O–H groups in total. The van der Waals surface area contributed by atoms with E-state index in [1.54, 1.807) is 0 Å². The second-order valence-electron chi connectivity index (χ2n) is 5.33. The Labute approximate surface area is 128 Å². The lowest BCUT2D eigenvalue weighted by Gasteiger charge is -2.18. The number of carbonyl (C=O) groups is 1. The highest BCUT2D eigenvalue weighted by atomic mass is 32.1. The number of thiocarbonyl (C=S) groups is 1. The maximum absolute atomic E-state index is 12.4. The molecule has 0 saturated carbocycles. The molecule has 3 rings (SSSR count). The zero-order chi connectivity index (χ0) is 14.8. The Morgan fingerprint density at radius 3 is 3.05 bits per heavy atom. The van der Waals surface area contributed by atoms with Crippen LogP contribution in [0.2, 0.25) is 0 Å². The van der Waals surface area contributed by atoms with Crippen molar-refractivity contribution in [2.75, 3.05) is 6.54 Å². The Bertz CT molecular complexity index is 694. The van der Waals surface area contributed by atoms with Gasteiger partial charge in [0.2, 0.25) is 5.91 Å². The van der Waals surface area contributed by atoms with Crippen molar-refractivity contribution in [2.24, 2.45) is 5.73 Å². The van der Waals surface area contributed by atoms with Gasteiger partial charge in [0.05, 0.1) is 22.4 Å². The first kappa shape index (κ1) is 14.0. The summed E-state index contributed by atoms with van der Waals surface area (Å²) in [6.07, 6.45) is 3.26. The summed E-state index contributed by atoms with van der Waals surface area (Å²) in [5.74, 6) is 0.825. The van der Waals surface area contributed by atoms with Crippen LogP contribution < -0.4 is 11.1 Å². The van der Waals surface area contributed by atoms with E-state index in [1.807, 2.05) is 28.8 Å². The van der Waals surface area contributed by atoms with Crippen molar-refractivity contribution in [3.8, 4) is 0 Å². The number of rotatable bonds is 3. The normalized spacial score (nSPS) is 19.2. The molecule has 6 heteroatoms. The van der Waals surface area contributed by atoms with Gasteiger partial charge in [-0.3, -0.25) is 4.79 Å². The molecular formula is C15H18N4OS. The molecular weight excluding hydrogens is 284 g/mol. The summed E-state index contributed by atoms with van der Waals surface area (Å²) in [4.78, 5) is 17.4. The van der Waals surface area contributed by atoms with Crippen molar-refractivity contribution >= 4 is 34.1 Å². The quantitative estimate of drug-likeness (QED) is 0.847. The highest BCUT2D eigenvalue weighted by Crippen LogP contribution is 2.26. The van der Waals surface area contributed by atoms with Gasteiger partial charge in [0.25, 0.3) is 0 Å². The molecule has 110 valence electrons. The lowest BCUT2D eigenvalue weighted by Crippen LogP contribution is -2.32. The van der Waals surface area contributed by atoms with Crippen molar-refractivity contribution in [2.45, 2.75) is 31.7 Å². The maximum atomic E-state index is 12.4. The number of nitrogens with two attached hydrogens (primary N) is 1. The van der Waals surface area contributed by atoms with E-state index in [2.05, 4.69) is 10.3 Å². The van der Waals surface area contributed by atoms with Crippen molar-refractivity contribution in [1.29, 1.82) is 0 Å².